The van der Waals surface area contributed by atoms with Crippen LogP contribution in [0.1, 0.15) is 44.6 Å². The Morgan fingerprint density at radius 2 is 1.88 bits per heavy atom. The van der Waals surface area contributed by atoms with Gasteiger partial charge < -0.3 is 19.9 Å². The lowest BCUT2D eigenvalue weighted by Crippen LogP contribution is -2.49. The van der Waals surface area contributed by atoms with Crippen LogP contribution in [0.4, 0.5) is 11.4 Å². The molecule has 2 amide bonds. The van der Waals surface area contributed by atoms with Gasteiger partial charge in [-0.25, -0.2) is 0 Å². The summed E-state index contributed by atoms with van der Waals surface area (Å²) in [5.41, 5.74) is 2.30. The molecule has 178 valence electrons. The van der Waals surface area contributed by atoms with Crippen molar-refractivity contribution in [3.8, 4) is 11.8 Å². The lowest BCUT2D eigenvalue weighted by Gasteiger charge is -2.34. The second kappa shape index (κ2) is 10.8. The number of nitriles is 1. The number of carbonyl (C=O) groups excluding carboxylic acids is 2. The van der Waals surface area contributed by atoms with Crippen LogP contribution in [0.3, 0.4) is 0 Å². The largest absolute Gasteiger partial charge is 0.489 e. The number of piperidine rings is 2. The minimum atomic E-state index is -0.444. The van der Waals surface area contributed by atoms with Crippen LogP contribution in [0.25, 0.3) is 0 Å². The van der Waals surface area contributed by atoms with Crippen LogP contribution in [0.2, 0.25) is 5.02 Å². The summed E-state index contributed by atoms with van der Waals surface area (Å²) in [5.74, 6) is 0.325. The number of hydrogen-bond acceptors (Lipinski definition) is 5. The topological polar surface area (TPSA) is 85.7 Å². The van der Waals surface area contributed by atoms with E-state index < -0.39 is 6.04 Å². The number of ether oxygens (including phenoxy) is 1. The summed E-state index contributed by atoms with van der Waals surface area (Å²) < 4.78 is 6.16. The van der Waals surface area contributed by atoms with Gasteiger partial charge in [0.1, 0.15) is 17.9 Å². The molecule has 2 aliphatic heterocycles. The van der Waals surface area contributed by atoms with Gasteiger partial charge in [-0.3, -0.25) is 9.59 Å². The third kappa shape index (κ3) is 5.63. The highest BCUT2D eigenvalue weighted by molar-refractivity contribution is 6.32. The number of nitrogens with zero attached hydrogens (tertiary/aromatic N) is 3. The molecule has 8 heteroatoms. The van der Waals surface area contributed by atoms with Crippen molar-refractivity contribution in [2.24, 2.45) is 0 Å². The minimum absolute atomic E-state index is 0.0414. The highest BCUT2D eigenvalue weighted by Crippen LogP contribution is 2.31. The SMILES string of the molecule is CC(=O)N1CCCCC1C(=O)Nc1ccc(OC2CCN(c3cccc(C#N)c3)CC2)c(Cl)c1. The molecular formula is C26H29ClN4O3. The number of rotatable bonds is 5. The molecule has 0 saturated carbocycles. The summed E-state index contributed by atoms with van der Waals surface area (Å²) in [6.45, 7) is 3.78. The maximum absolute atomic E-state index is 12.8. The van der Waals surface area contributed by atoms with Crippen LogP contribution in [-0.4, -0.2) is 48.5 Å². The number of carbonyl (C=O) groups is 2. The van der Waals surface area contributed by atoms with Crippen molar-refractivity contribution in [1.29, 1.82) is 5.26 Å². The molecule has 2 aromatic carbocycles. The standard InChI is InChI=1S/C26H29ClN4O3/c1-18(32)31-12-3-2-7-24(31)26(33)29-20-8-9-25(23(27)16-20)34-22-10-13-30(14-11-22)21-6-4-5-19(15-21)17-28/h4-6,8-9,15-16,22,24H,2-3,7,10-14H2,1H3,(H,29,33). The Kier molecular flexibility index (Phi) is 7.59. The molecule has 0 spiro atoms. The van der Waals surface area contributed by atoms with Gasteiger partial charge in [-0.05, 0) is 55.7 Å². The molecule has 2 aliphatic rings. The summed E-state index contributed by atoms with van der Waals surface area (Å²) >= 11 is 6.47. The van der Waals surface area contributed by atoms with E-state index in [9.17, 15) is 9.59 Å². The quantitative estimate of drug-likeness (QED) is 0.676. The summed E-state index contributed by atoms with van der Waals surface area (Å²) in [7, 11) is 0. The Balaban J connectivity index is 1.32. The highest BCUT2D eigenvalue weighted by Gasteiger charge is 2.30. The molecule has 1 unspecified atom stereocenters. The Hall–Kier alpha value is -3.24. The lowest BCUT2D eigenvalue weighted by atomic mass is 10.0. The minimum Gasteiger partial charge on any atom is -0.489 e. The molecule has 0 aromatic heterocycles. The first-order valence-electron chi connectivity index (χ1n) is 11.7. The van der Waals surface area contributed by atoms with E-state index >= 15 is 0 Å². The number of halogens is 1. The monoisotopic (exact) mass is 480 g/mol. The molecule has 2 saturated heterocycles. The van der Waals surface area contributed by atoms with Crippen molar-refractivity contribution >= 4 is 34.8 Å². The van der Waals surface area contributed by atoms with Crippen LogP contribution in [0.15, 0.2) is 42.5 Å². The van der Waals surface area contributed by atoms with E-state index in [4.69, 9.17) is 21.6 Å². The van der Waals surface area contributed by atoms with Crippen molar-refractivity contribution in [2.45, 2.75) is 51.2 Å². The third-order valence-corrected chi connectivity index (χ3v) is 6.78. The summed E-state index contributed by atoms with van der Waals surface area (Å²) in [4.78, 5) is 28.6. The molecule has 2 fully saturated rings. The second-order valence-corrected chi connectivity index (χ2v) is 9.23. The molecule has 0 aliphatic carbocycles. The predicted molar refractivity (Wildman–Crippen MR) is 132 cm³/mol. The van der Waals surface area contributed by atoms with E-state index in [1.165, 1.54) is 6.92 Å². The van der Waals surface area contributed by atoms with Gasteiger partial charge in [0.15, 0.2) is 0 Å². The molecule has 7 nitrogen and oxygen atoms in total. The molecule has 1 atom stereocenters. The summed E-state index contributed by atoms with van der Waals surface area (Å²) in [6.07, 6.45) is 4.24. The van der Waals surface area contributed by atoms with E-state index in [2.05, 4.69) is 16.3 Å². The van der Waals surface area contributed by atoms with Gasteiger partial charge in [-0.1, -0.05) is 17.7 Å². The average Bonchev–Trinajstić information content (AvgIpc) is 2.86. The first kappa shape index (κ1) is 23.9. The van der Waals surface area contributed by atoms with Gasteiger partial charge in [0, 0.05) is 50.8 Å². The molecule has 4 rings (SSSR count). The third-order valence-electron chi connectivity index (χ3n) is 6.49. The number of anilines is 2. The van der Waals surface area contributed by atoms with Crippen LogP contribution in [0, 0.1) is 11.3 Å². The van der Waals surface area contributed by atoms with E-state index in [0.29, 0.717) is 35.0 Å². The first-order valence-corrected chi connectivity index (χ1v) is 12.1. The molecule has 2 aromatic rings. The van der Waals surface area contributed by atoms with Crippen molar-refractivity contribution in [1.82, 2.24) is 4.90 Å². The number of nitrogens with one attached hydrogen (secondary N) is 1. The van der Waals surface area contributed by atoms with Gasteiger partial charge in [0.2, 0.25) is 11.8 Å². The van der Waals surface area contributed by atoms with Crippen LogP contribution < -0.4 is 15.0 Å². The maximum atomic E-state index is 12.8. The lowest BCUT2D eigenvalue weighted by molar-refractivity contribution is -0.138. The van der Waals surface area contributed by atoms with Gasteiger partial charge in [0.25, 0.3) is 0 Å². The fourth-order valence-electron chi connectivity index (χ4n) is 4.66. The van der Waals surface area contributed by atoms with Gasteiger partial charge in [-0.2, -0.15) is 5.26 Å². The van der Waals surface area contributed by atoms with E-state index in [1.54, 1.807) is 23.1 Å². The van der Waals surface area contributed by atoms with E-state index in [-0.39, 0.29) is 17.9 Å². The van der Waals surface area contributed by atoms with Gasteiger partial charge >= 0.3 is 0 Å². The number of likely N-dealkylation sites (tertiary alicyclic amines) is 1. The zero-order chi connectivity index (χ0) is 24.1. The molecule has 1 N–H and O–H groups in total. The Bertz CT molecular complexity index is 1090. The Labute approximate surface area is 205 Å². The van der Waals surface area contributed by atoms with Crippen molar-refractivity contribution < 1.29 is 14.3 Å². The second-order valence-electron chi connectivity index (χ2n) is 8.82. The highest BCUT2D eigenvalue weighted by atomic mass is 35.5. The number of hydrogen-bond donors (Lipinski definition) is 1. The summed E-state index contributed by atoms with van der Waals surface area (Å²) in [6, 6.07) is 14.6. The Morgan fingerprint density at radius 1 is 1.09 bits per heavy atom. The fraction of sp³-hybridized carbons (Fsp3) is 0.423. The van der Waals surface area contributed by atoms with E-state index in [0.717, 1.165) is 44.5 Å². The zero-order valence-electron chi connectivity index (χ0n) is 19.3. The fourth-order valence-corrected chi connectivity index (χ4v) is 4.89. The zero-order valence-corrected chi connectivity index (χ0v) is 20.1. The van der Waals surface area contributed by atoms with Crippen molar-refractivity contribution in [3.05, 3.63) is 53.1 Å². The van der Waals surface area contributed by atoms with Gasteiger partial charge in [0.05, 0.1) is 16.7 Å². The predicted octanol–water partition coefficient (Wildman–Crippen LogP) is 4.60. The number of amides is 2. The molecule has 0 radical (unpaired) electrons. The van der Waals surface area contributed by atoms with E-state index in [1.807, 2.05) is 24.3 Å². The first-order chi connectivity index (χ1) is 16.4. The molecule has 34 heavy (non-hydrogen) atoms. The van der Waals surface area contributed by atoms with Crippen molar-refractivity contribution in [2.75, 3.05) is 29.9 Å². The number of benzene rings is 2. The summed E-state index contributed by atoms with van der Waals surface area (Å²) in [5, 5.41) is 12.5. The average molecular weight is 481 g/mol. The molecular weight excluding hydrogens is 452 g/mol. The van der Waals surface area contributed by atoms with Crippen LogP contribution >= 0.6 is 11.6 Å². The van der Waals surface area contributed by atoms with Gasteiger partial charge in [-0.15, -0.1) is 0 Å². The molecule has 2 heterocycles. The smallest absolute Gasteiger partial charge is 0.247 e. The maximum Gasteiger partial charge on any atom is 0.247 e. The van der Waals surface area contributed by atoms with Crippen LogP contribution in [0.5, 0.6) is 5.75 Å². The normalized spacial score (nSPS) is 18.8. The Morgan fingerprint density at radius 3 is 2.59 bits per heavy atom. The van der Waals surface area contributed by atoms with Crippen molar-refractivity contribution in [3.63, 3.8) is 0 Å². The van der Waals surface area contributed by atoms with Crippen LogP contribution in [-0.2, 0) is 9.59 Å². The molecule has 0 bridgehead atoms.